The van der Waals surface area contributed by atoms with Crippen molar-refractivity contribution in [3.05, 3.63) is 65.2 Å². The van der Waals surface area contributed by atoms with Crippen LogP contribution in [-0.2, 0) is 12.6 Å². The van der Waals surface area contributed by atoms with Crippen LogP contribution in [0, 0.1) is 5.82 Å². The van der Waals surface area contributed by atoms with Crippen molar-refractivity contribution < 1.29 is 17.6 Å². The molecule has 0 bridgehead atoms. The zero-order chi connectivity index (χ0) is 14.8. The molecule has 0 amide bonds. The van der Waals surface area contributed by atoms with Crippen LogP contribution in [0.3, 0.4) is 0 Å². The molecule has 106 valence electrons. The number of pyridine rings is 1. The van der Waals surface area contributed by atoms with E-state index < -0.39 is 23.6 Å². The summed E-state index contributed by atoms with van der Waals surface area (Å²) >= 11 is 0. The standard InChI is InChI=1S/C14H12F4N2/c15-12-2-1-10(14(16,17)18)8-11(12)13(19)7-9-3-5-20-6-4-9/h1-6,8,13H,7,19H2. The summed E-state index contributed by atoms with van der Waals surface area (Å²) in [7, 11) is 0. The number of aromatic nitrogens is 1. The molecule has 0 fully saturated rings. The van der Waals surface area contributed by atoms with Gasteiger partial charge in [0.05, 0.1) is 5.56 Å². The summed E-state index contributed by atoms with van der Waals surface area (Å²) < 4.78 is 51.5. The van der Waals surface area contributed by atoms with E-state index in [0.29, 0.717) is 6.07 Å². The molecule has 2 N–H and O–H groups in total. The first-order valence-corrected chi connectivity index (χ1v) is 5.89. The van der Waals surface area contributed by atoms with E-state index in [1.54, 1.807) is 24.5 Å². The van der Waals surface area contributed by atoms with E-state index in [2.05, 4.69) is 4.98 Å². The quantitative estimate of drug-likeness (QED) is 0.876. The molecule has 0 aliphatic carbocycles. The molecule has 6 heteroatoms. The van der Waals surface area contributed by atoms with Crippen LogP contribution in [0.25, 0.3) is 0 Å². The van der Waals surface area contributed by atoms with E-state index in [-0.39, 0.29) is 12.0 Å². The van der Waals surface area contributed by atoms with Gasteiger partial charge < -0.3 is 5.73 Å². The van der Waals surface area contributed by atoms with E-state index in [9.17, 15) is 17.6 Å². The van der Waals surface area contributed by atoms with Gasteiger partial charge in [0.1, 0.15) is 5.82 Å². The molecule has 0 radical (unpaired) electrons. The first-order chi connectivity index (χ1) is 9.38. The van der Waals surface area contributed by atoms with Crippen LogP contribution in [0.5, 0.6) is 0 Å². The highest BCUT2D eigenvalue weighted by Crippen LogP contribution is 2.32. The first kappa shape index (κ1) is 14.5. The SMILES string of the molecule is NC(Cc1ccncc1)c1cc(C(F)(F)F)ccc1F. The maximum Gasteiger partial charge on any atom is 0.416 e. The third kappa shape index (κ3) is 3.33. The van der Waals surface area contributed by atoms with Crippen molar-refractivity contribution in [1.82, 2.24) is 4.98 Å². The molecular formula is C14H12F4N2. The van der Waals surface area contributed by atoms with Crippen LogP contribution in [-0.4, -0.2) is 4.98 Å². The molecule has 0 saturated carbocycles. The smallest absolute Gasteiger partial charge is 0.324 e. The monoisotopic (exact) mass is 284 g/mol. The minimum Gasteiger partial charge on any atom is -0.324 e. The van der Waals surface area contributed by atoms with Gasteiger partial charge in [-0.2, -0.15) is 13.2 Å². The van der Waals surface area contributed by atoms with Crippen molar-refractivity contribution in [2.45, 2.75) is 18.6 Å². The maximum atomic E-state index is 13.7. The van der Waals surface area contributed by atoms with Crippen LogP contribution >= 0.6 is 0 Å². The van der Waals surface area contributed by atoms with Gasteiger partial charge in [0.25, 0.3) is 0 Å². The lowest BCUT2D eigenvalue weighted by molar-refractivity contribution is -0.137. The molecule has 0 aliphatic rings. The largest absolute Gasteiger partial charge is 0.416 e. The molecule has 1 aromatic carbocycles. The van der Waals surface area contributed by atoms with E-state index in [0.717, 1.165) is 17.7 Å². The third-order valence-electron chi connectivity index (χ3n) is 2.93. The van der Waals surface area contributed by atoms with E-state index >= 15 is 0 Å². The Bertz CT molecular complexity index is 581. The predicted molar refractivity (Wildman–Crippen MR) is 66.3 cm³/mol. The van der Waals surface area contributed by atoms with Crippen LogP contribution < -0.4 is 5.73 Å². The Morgan fingerprint density at radius 1 is 1.10 bits per heavy atom. The second-order valence-corrected chi connectivity index (χ2v) is 4.40. The van der Waals surface area contributed by atoms with Crippen molar-refractivity contribution in [1.29, 1.82) is 0 Å². The molecule has 1 atom stereocenters. The molecule has 0 spiro atoms. The minimum atomic E-state index is -4.52. The Morgan fingerprint density at radius 2 is 1.75 bits per heavy atom. The lowest BCUT2D eigenvalue weighted by Crippen LogP contribution is -2.17. The van der Waals surface area contributed by atoms with Gasteiger partial charge in [-0.05, 0) is 42.3 Å². The van der Waals surface area contributed by atoms with Crippen molar-refractivity contribution in [3.8, 4) is 0 Å². The molecule has 0 saturated heterocycles. The zero-order valence-electron chi connectivity index (χ0n) is 10.4. The van der Waals surface area contributed by atoms with Gasteiger partial charge in [-0.15, -0.1) is 0 Å². The summed E-state index contributed by atoms with van der Waals surface area (Å²) in [6.45, 7) is 0. The topological polar surface area (TPSA) is 38.9 Å². The summed E-state index contributed by atoms with van der Waals surface area (Å²) in [6.07, 6.45) is -1.19. The first-order valence-electron chi connectivity index (χ1n) is 5.89. The summed E-state index contributed by atoms with van der Waals surface area (Å²) in [6, 6.07) is 4.79. The normalized spacial score (nSPS) is 13.2. The lowest BCUT2D eigenvalue weighted by atomic mass is 9.98. The summed E-state index contributed by atoms with van der Waals surface area (Å²) in [5, 5.41) is 0. The number of hydrogen-bond donors (Lipinski definition) is 1. The number of hydrogen-bond acceptors (Lipinski definition) is 2. The molecule has 2 aromatic rings. The van der Waals surface area contributed by atoms with Gasteiger partial charge >= 0.3 is 6.18 Å². The van der Waals surface area contributed by atoms with E-state index in [1.807, 2.05) is 0 Å². The Morgan fingerprint density at radius 3 is 2.35 bits per heavy atom. The van der Waals surface area contributed by atoms with Crippen LogP contribution in [0.1, 0.15) is 22.7 Å². The fraction of sp³-hybridized carbons (Fsp3) is 0.214. The summed E-state index contributed by atoms with van der Waals surface area (Å²) in [5.74, 6) is -0.737. The highest BCUT2D eigenvalue weighted by molar-refractivity contribution is 5.30. The highest BCUT2D eigenvalue weighted by Gasteiger charge is 2.31. The molecular weight excluding hydrogens is 272 g/mol. The van der Waals surface area contributed by atoms with Gasteiger partial charge in [0.15, 0.2) is 0 Å². The lowest BCUT2D eigenvalue weighted by Gasteiger charge is -2.15. The number of benzene rings is 1. The van der Waals surface area contributed by atoms with Gasteiger partial charge in [-0.3, -0.25) is 4.98 Å². The third-order valence-corrected chi connectivity index (χ3v) is 2.93. The summed E-state index contributed by atoms with van der Waals surface area (Å²) in [5.41, 5.74) is 5.55. The number of nitrogens with zero attached hydrogens (tertiary/aromatic N) is 1. The highest BCUT2D eigenvalue weighted by atomic mass is 19.4. The second-order valence-electron chi connectivity index (χ2n) is 4.40. The van der Waals surface area contributed by atoms with Crippen LogP contribution in [0.15, 0.2) is 42.7 Å². The predicted octanol–water partition coefficient (Wildman–Crippen LogP) is 3.48. The van der Waals surface area contributed by atoms with Crippen molar-refractivity contribution >= 4 is 0 Å². The molecule has 2 rings (SSSR count). The van der Waals surface area contributed by atoms with Crippen LogP contribution in [0.2, 0.25) is 0 Å². The average Bonchev–Trinajstić information content (AvgIpc) is 2.39. The molecule has 20 heavy (non-hydrogen) atoms. The zero-order valence-corrected chi connectivity index (χ0v) is 10.4. The fourth-order valence-electron chi connectivity index (χ4n) is 1.89. The van der Waals surface area contributed by atoms with Gasteiger partial charge in [0.2, 0.25) is 0 Å². The number of nitrogens with two attached hydrogens (primary N) is 1. The Hall–Kier alpha value is -1.95. The Labute approximate surface area is 113 Å². The van der Waals surface area contributed by atoms with Gasteiger partial charge in [-0.1, -0.05) is 0 Å². The van der Waals surface area contributed by atoms with E-state index in [1.165, 1.54) is 0 Å². The molecule has 1 aromatic heterocycles. The number of rotatable bonds is 3. The number of halogens is 4. The minimum absolute atomic E-state index is 0.142. The molecule has 1 unspecified atom stereocenters. The van der Waals surface area contributed by atoms with Crippen molar-refractivity contribution in [2.75, 3.05) is 0 Å². The van der Waals surface area contributed by atoms with Crippen molar-refractivity contribution in [3.63, 3.8) is 0 Å². The molecule has 2 nitrogen and oxygen atoms in total. The van der Waals surface area contributed by atoms with Crippen molar-refractivity contribution in [2.24, 2.45) is 5.73 Å². The maximum absolute atomic E-state index is 13.7. The summed E-state index contributed by atoms with van der Waals surface area (Å²) in [4.78, 5) is 3.83. The number of alkyl halides is 3. The second kappa shape index (κ2) is 5.58. The van der Waals surface area contributed by atoms with E-state index in [4.69, 9.17) is 5.73 Å². The molecule has 1 heterocycles. The fourth-order valence-corrected chi connectivity index (χ4v) is 1.89. The van der Waals surface area contributed by atoms with Gasteiger partial charge in [0, 0.05) is 24.0 Å². The molecule has 0 aliphatic heterocycles. The Balaban J connectivity index is 2.27. The average molecular weight is 284 g/mol. The Kier molecular flexibility index (Phi) is 4.04. The van der Waals surface area contributed by atoms with Crippen LogP contribution in [0.4, 0.5) is 17.6 Å². The van der Waals surface area contributed by atoms with Gasteiger partial charge in [-0.25, -0.2) is 4.39 Å².